The van der Waals surface area contributed by atoms with Gasteiger partial charge in [0.15, 0.2) is 0 Å². The number of carbonyl (C=O) groups is 1. The summed E-state index contributed by atoms with van der Waals surface area (Å²) in [5.74, 6) is 0.436. The monoisotopic (exact) mass is 166 g/mol. The van der Waals surface area contributed by atoms with Crippen molar-refractivity contribution in [1.82, 2.24) is 0 Å². The molecular weight excluding hydrogens is 156 g/mol. The third kappa shape index (κ3) is 4.44. The summed E-state index contributed by atoms with van der Waals surface area (Å²) in [6.07, 6.45) is -0.199. The summed E-state index contributed by atoms with van der Waals surface area (Å²) in [5, 5.41) is 8.18. The smallest absolute Gasteiger partial charge is 0.450 e. The first-order chi connectivity index (χ1) is 4.70. The Hall–Kier alpha value is -0.440. The van der Waals surface area contributed by atoms with Crippen molar-refractivity contribution < 1.29 is 14.6 Å². The fourth-order valence-corrected chi connectivity index (χ4v) is 0.854. The highest BCUT2D eigenvalue weighted by molar-refractivity contribution is 6.17. The van der Waals surface area contributed by atoms with Crippen LogP contribution >= 0.6 is 11.6 Å². The Morgan fingerprint density at radius 2 is 2.40 bits per heavy atom. The maximum atomic E-state index is 9.98. The molecule has 0 amide bonds. The number of hydrogen-bond acceptors (Lipinski definition) is 2. The minimum atomic E-state index is -1.23. The van der Waals surface area contributed by atoms with Gasteiger partial charge in [-0.2, -0.15) is 0 Å². The molecule has 0 aliphatic rings. The highest BCUT2D eigenvalue weighted by Crippen LogP contribution is 2.04. The molecule has 1 unspecified atom stereocenters. The highest BCUT2D eigenvalue weighted by Gasteiger charge is 2.09. The SMILES string of the molecule is CCC(CCCl)OC(=O)O. The second-order valence-electron chi connectivity index (χ2n) is 1.89. The van der Waals surface area contributed by atoms with E-state index in [1.165, 1.54) is 0 Å². The number of alkyl halides is 1. The zero-order chi connectivity index (χ0) is 7.98. The summed E-state index contributed by atoms with van der Waals surface area (Å²) < 4.78 is 4.47. The topological polar surface area (TPSA) is 46.5 Å². The molecule has 0 aromatic heterocycles. The molecule has 1 N–H and O–H groups in total. The van der Waals surface area contributed by atoms with Crippen molar-refractivity contribution in [3.63, 3.8) is 0 Å². The van der Waals surface area contributed by atoms with Crippen molar-refractivity contribution in [3.05, 3.63) is 0 Å². The lowest BCUT2D eigenvalue weighted by Crippen LogP contribution is -2.16. The third-order valence-corrected chi connectivity index (χ3v) is 1.37. The maximum Gasteiger partial charge on any atom is 0.506 e. The Kier molecular flexibility index (Phi) is 5.12. The Balaban J connectivity index is 3.49. The largest absolute Gasteiger partial charge is 0.506 e. The van der Waals surface area contributed by atoms with Gasteiger partial charge in [-0.25, -0.2) is 4.79 Å². The first kappa shape index (κ1) is 9.56. The molecule has 0 heterocycles. The van der Waals surface area contributed by atoms with Crippen LogP contribution in [0.15, 0.2) is 0 Å². The molecule has 0 aromatic rings. The van der Waals surface area contributed by atoms with Crippen molar-refractivity contribution >= 4 is 17.8 Å². The Bertz CT molecular complexity index is 105. The van der Waals surface area contributed by atoms with Gasteiger partial charge in [-0.1, -0.05) is 6.92 Å². The van der Waals surface area contributed by atoms with Crippen LogP contribution in [0.4, 0.5) is 4.79 Å². The van der Waals surface area contributed by atoms with E-state index in [1.807, 2.05) is 6.92 Å². The first-order valence-corrected chi connectivity index (χ1v) is 3.69. The van der Waals surface area contributed by atoms with Crippen LogP contribution in [-0.2, 0) is 4.74 Å². The van der Waals surface area contributed by atoms with Crippen LogP contribution in [0.5, 0.6) is 0 Å². The summed E-state index contributed by atoms with van der Waals surface area (Å²) in [5.41, 5.74) is 0. The van der Waals surface area contributed by atoms with Crippen molar-refractivity contribution in [2.75, 3.05) is 5.88 Å². The quantitative estimate of drug-likeness (QED) is 0.514. The number of hydrogen-bond donors (Lipinski definition) is 1. The van der Waals surface area contributed by atoms with Gasteiger partial charge in [-0.15, -0.1) is 11.6 Å². The minimum absolute atomic E-state index is 0.241. The zero-order valence-electron chi connectivity index (χ0n) is 5.84. The zero-order valence-corrected chi connectivity index (χ0v) is 6.60. The average Bonchev–Trinajstić information content (AvgIpc) is 1.86. The Morgan fingerprint density at radius 1 is 1.80 bits per heavy atom. The molecule has 0 aliphatic heterocycles. The van der Waals surface area contributed by atoms with E-state index < -0.39 is 6.16 Å². The Labute approximate surface area is 64.9 Å². The van der Waals surface area contributed by atoms with Crippen molar-refractivity contribution in [3.8, 4) is 0 Å². The lowest BCUT2D eigenvalue weighted by Gasteiger charge is -2.10. The fraction of sp³-hybridized carbons (Fsp3) is 0.833. The molecule has 10 heavy (non-hydrogen) atoms. The van der Waals surface area contributed by atoms with E-state index in [0.717, 1.165) is 0 Å². The van der Waals surface area contributed by atoms with E-state index in [1.54, 1.807) is 0 Å². The first-order valence-electron chi connectivity index (χ1n) is 3.16. The normalized spacial score (nSPS) is 12.6. The third-order valence-electron chi connectivity index (χ3n) is 1.15. The predicted molar refractivity (Wildman–Crippen MR) is 38.5 cm³/mol. The van der Waals surface area contributed by atoms with Crippen molar-refractivity contribution in [2.45, 2.75) is 25.9 Å². The molecule has 3 nitrogen and oxygen atoms in total. The highest BCUT2D eigenvalue weighted by atomic mass is 35.5. The summed E-state index contributed by atoms with van der Waals surface area (Å²) in [7, 11) is 0. The molecular formula is C6H11ClO3. The van der Waals surface area contributed by atoms with Crippen LogP contribution in [0.25, 0.3) is 0 Å². The molecule has 0 saturated carbocycles. The summed E-state index contributed by atoms with van der Waals surface area (Å²) in [4.78, 5) is 9.98. The van der Waals surface area contributed by atoms with Crippen molar-refractivity contribution in [1.29, 1.82) is 0 Å². The molecule has 4 heteroatoms. The van der Waals surface area contributed by atoms with Gasteiger partial charge in [0.1, 0.15) is 6.10 Å². The van der Waals surface area contributed by atoms with Crippen LogP contribution in [0, 0.1) is 0 Å². The lowest BCUT2D eigenvalue weighted by molar-refractivity contribution is 0.0490. The van der Waals surface area contributed by atoms with E-state index >= 15 is 0 Å². The molecule has 0 fully saturated rings. The minimum Gasteiger partial charge on any atom is -0.450 e. The van der Waals surface area contributed by atoms with Gasteiger partial charge in [0.25, 0.3) is 0 Å². The molecule has 0 aromatic carbocycles. The van der Waals surface area contributed by atoms with E-state index in [-0.39, 0.29) is 6.10 Å². The van der Waals surface area contributed by atoms with E-state index in [9.17, 15) is 4.79 Å². The summed E-state index contributed by atoms with van der Waals surface area (Å²) in [6.45, 7) is 1.86. The van der Waals surface area contributed by atoms with Gasteiger partial charge >= 0.3 is 6.16 Å². The second kappa shape index (κ2) is 5.35. The number of rotatable bonds is 4. The molecule has 0 aliphatic carbocycles. The van der Waals surface area contributed by atoms with Gasteiger partial charge in [0.05, 0.1) is 0 Å². The van der Waals surface area contributed by atoms with Gasteiger partial charge in [0, 0.05) is 5.88 Å². The van der Waals surface area contributed by atoms with Crippen molar-refractivity contribution in [2.24, 2.45) is 0 Å². The maximum absolute atomic E-state index is 9.98. The molecule has 0 radical (unpaired) electrons. The van der Waals surface area contributed by atoms with Crippen LogP contribution in [-0.4, -0.2) is 23.2 Å². The Morgan fingerprint density at radius 3 is 2.70 bits per heavy atom. The summed E-state index contributed by atoms with van der Waals surface area (Å²) in [6, 6.07) is 0. The van der Waals surface area contributed by atoms with E-state index in [2.05, 4.69) is 4.74 Å². The standard InChI is InChI=1S/C6H11ClO3/c1-2-5(3-4-7)10-6(8)9/h5H,2-4H2,1H3,(H,8,9). The second-order valence-corrected chi connectivity index (χ2v) is 2.27. The van der Waals surface area contributed by atoms with Crippen LogP contribution in [0.2, 0.25) is 0 Å². The number of ether oxygens (including phenoxy) is 1. The van der Waals surface area contributed by atoms with Crippen LogP contribution in [0.1, 0.15) is 19.8 Å². The molecule has 0 bridgehead atoms. The van der Waals surface area contributed by atoms with Gasteiger partial charge < -0.3 is 9.84 Å². The number of carboxylic acid groups (broad SMARTS) is 1. The van der Waals surface area contributed by atoms with E-state index in [4.69, 9.17) is 16.7 Å². The van der Waals surface area contributed by atoms with Gasteiger partial charge in [-0.3, -0.25) is 0 Å². The molecule has 1 atom stereocenters. The number of halogens is 1. The van der Waals surface area contributed by atoms with Gasteiger partial charge in [-0.05, 0) is 12.8 Å². The molecule has 0 saturated heterocycles. The molecule has 0 rings (SSSR count). The van der Waals surface area contributed by atoms with Crippen LogP contribution in [0.3, 0.4) is 0 Å². The molecule has 60 valence electrons. The average molecular weight is 167 g/mol. The fourth-order valence-electron chi connectivity index (χ4n) is 0.611. The van der Waals surface area contributed by atoms with E-state index in [0.29, 0.717) is 18.7 Å². The summed E-state index contributed by atoms with van der Waals surface area (Å²) >= 11 is 5.39. The predicted octanol–water partition coefficient (Wildman–Crippen LogP) is 2.09. The lowest BCUT2D eigenvalue weighted by atomic mass is 10.2. The van der Waals surface area contributed by atoms with Crippen LogP contribution < -0.4 is 0 Å². The molecule has 0 spiro atoms. The van der Waals surface area contributed by atoms with Gasteiger partial charge in [0.2, 0.25) is 0 Å².